The summed E-state index contributed by atoms with van der Waals surface area (Å²) in [5.41, 5.74) is 4.11. The highest BCUT2D eigenvalue weighted by Gasteiger charge is 2.30. The van der Waals surface area contributed by atoms with Crippen molar-refractivity contribution in [3.05, 3.63) is 107 Å². The highest BCUT2D eigenvalue weighted by atomic mass is 19.1. The van der Waals surface area contributed by atoms with Crippen LogP contribution in [0.2, 0.25) is 0 Å². The van der Waals surface area contributed by atoms with Crippen LogP contribution in [0.25, 0.3) is 0 Å². The highest BCUT2D eigenvalue weighted by molar-refractivity contribution is 5.57. The van der Waals surface area contributed by atoms with Gasteiger partial charge in [-0.2, -0.15) is 0 Å². The summed E-state index contributed by atoms with van der Waals surface area (Å²) in [7, 11) is 0. The van der Waals surface area contributed by atoms with Gasteiger partial charge in [-0.15, -0.1) is 0 Å². The fraction of sp³-hybridized carbons (Fsp3) is 0.385. The van der Waals surface area contributed by atoms with Crippen molar-refractivity contribution in [2.24, 2.45) is 11.8 Å². The van der Waals surface area contributed by atoms with E-state index in [1.807, 2.05) is 48.5 Å². The summed E-state index contributed by atoms with van der Waals surface area (Å²) >= 11 is 0. The number of hydrogen-bond acceptors (Lipinski definition) is 8. The Balaban J connectivity index is 1.04. The number of halogens is 2. The molecule has 2 saturated heterocycles. The van der Waals surface area contributed by atoms with E-state index in [9.17, 15) is 8.78 Å². The van der Waals surface area contributed by atoms with E-state index in [2.05, 4.69) is 10.6 Å². The fourth-order valence-electron chi connectivity index (χ4n) is 7.57. The summed E-state index contributed by atoms with van der Waals surface area (Å²) in [5, 5.41) is 7.01. The first kappa shape index (κ1) is 31.7. The molecule has 0 unspecified atom stereocenters. The number of rotatable bonds is 10. The summed E-state index contributed by atoms with van der Waals surface area (Å²) in [6, 6.07) is 21.5. The fourth-order valence-corrected chi connectivity index (χ4v) is 7.57. The Labute approximate surface area is 284 Å². The van der Waals surface area contributed by atoms with Gasteiger partial charge in [-0.25, -0.2) is 8.78 Å². The van der Waals surface area contributed by atoms with E-state index in [1.165, 1.54) is 24.3 Å². The van der Waals surface area contributed by atoms with Gasteiger partial charge in [0.05, 0.1) is 13.2 Å². The van der Waals surface area contributed by atoms with E-state index < -0.39 is 0 Å². The zero-order chi connectivity index (χ0) is 33.2. The summed E-state index contributed by atoms with van der Waals surface area (Å²) in [4.78, 5) is 0. The SMILES string of the molecule is Fc1ccc([C@@H]2CCNC[C@@H]2COc2cc3c(cc2Cc2cc4c(cc2OC[C@@H]2CNCC[C@H]2c2ccc(F)cc2)OCO4)OCO3)cc1. The third kappa shape index (κ3) is 6.98. The topological polar surface area (TPSA) is 79.4 Å². The molecule has 4 aromatic carbocycles. The van der Waals surface area contributed by atoms with Crippen molar-refractivity contribution in [3.8, 4) is 34.5 Å². The molecule has 8 rings (SSSR count). The molecule has 0 aromatic heterocycles. The van der Waals surface area contributed by atoms with Crippen molar-refractivity contribution in [2.75, 3.05) is 53.0 Å². The molecule has 2 fully saturated rings. The Morgan fingerprint density at radius 2 is 0.980 bits per heavy atom. The van der Waals surface area contributed by atoms with Gasteiger partial charge in [0.1, 0.15) is 23.1 Å². The van der Waals surface area contributed by atoms with Gasteiger partial charge in [-0.1, -0.05) is 24.3 Å². The van der Waals surface area contributed by atoms with Gasteiger partial charge in [0.2, 0.25) is 13.6 Å². The molecule has 0 bridgehead atoms. The van der Waals surface area contributed by atoms with Crippen LogP contribution in [0.15, 0.2) is 72.8 Å². The quantitative estimate of drug-likeness (QED) is 0.197. The number of ether oxygens (including phenoxy) is 6. The lowest BCUT2D eigenvalue weighted by molar-refractivity contribution is 0.173. The average Bonchev–Trinajstić information content (AvgIpc) is 3.79. The minimum atomic E-state index is -0.231. The van der Waals surface area contributed by atoms with E-state index in [0.717, 1.165) is 61.3 Å². The summed E-state index contributed by atoms with van der Waals surface area (Å²) < 4.78 is 63.7. The van der Waals surface area contributed by atoms with Crippen LogP contribution in [0, 0.1) is 23.5 Å². The molecule has 4 heterocycles. The molecule has 0 saturated carbocycles. The lowest BCUT2D eigenvalue weighted by atomic mass is 9.81. The summed E-state index contributed by atoms with van der Waals surface area (Å²) in [5.74, 6) is 4.49. The zero-order valence-corrected chi connectivity index (χ0v) is 27.2. The monoisotopic (exact) mass is 670 g/mol. The first-order chi connectivity index (χ1) is 24.1. The van der Waals surface area contributed by atoms with Crippen molar-refractivity contribution in [3.63, 3.8) is 0 Å². The Hall–Kier alpha value is -4.54. The van der Waals surface area contributed by atoms with Crippen molar-refractivity contribution < 1.29 is 37.2 Å². The number of piperidine rings is 2. The molecule has 0 spiro atoms. The van der Waals surface area contributed by atoms with Gasteiger partial charge in [-0.3, -0.25) is 0 Å². The molecule has 4 aliphatic heterocycles. The maximum atomic E-state index is 13.7. The summed E-state index contributed by atoms with van der Waals surface area (Å²) in [6.45, 7) is 4.68. The second kappa shape index (κ2) is 14.1. The van der Waals surface area contributed by atoms with Crippen LogP contribution in [0.3, 0.4) is 0 Å². The molecule has 0 aliphatic carbocycles. The van der Waals surface area contributed by atoms with Gasteiger partial charge >= 0.3 is 0 Å². The van der Waals surface area contributed by atoms with Crippen LogP contribution in [-0.2, 0) is 6.42 Å². The molecule has 49 heavy (non-hydrogen) atoms. The van der Waals surface area contributed by atoms with Gasteiger partial charge in [0.25, 0.3) is 0 Å². The van der Waals surface area contributed by atoms with Crippen LogP contribution >= 0.6 is 0 Å². The van der Waals surface area contributed by atoms with E-state index in [0.29, 0.717) is 54.1 Å². The molecular formula is C39H40F2N2O6. The maximum Gasteiger partial charge on any atom is 0.231 e. The zero-order valence-electron chi connectivity index (χ0n) is 27.2. The predicted molar refractivity (Wildman–Crippen MR) is 179 cm³/mol. The van der Waals surface area contributed by atoms with Crippen LogP contribution in [-0.4, -0.2) is 53.0 Å². The molecule has 8 nitrogen and oxygen atoms in total. The van der Waals surface area contributed by atoms with E-state index >= 15 is 0 Å². The van der Waals surface area contributed by atoms with Crippen LogP contribution in [0.4, 0.5) is 8.78 Å². The molecular weight excluding hydrogens is 630 g/mol. The second-order valence-corrected chi connectivity index (χ2v) is 13.2. The molecule has 4 atom stereocenters. The number of fused-ring (bicyclic) bond motifs is 2. The molecule has 0 amide bonds. The van der Waals surface area contributed by atoms with Crippen LogP contribution < -0.4 is 39.1 Å². The Kier molecular flexibility index (Phi) is 9.15. The lowest BCUT2D eigenvalue weighted by Gasteiger charge is -2.33. The van der Waals surface area contributed by atoms with Gasteiger partial charge in [-0.05, 0) is 85.3 Å². The smallest absolute Gasteiger partial charge is 0.231 e. The Morgan fingerprint density at radius 1 is 0.571 bits per heavy atom. The first-order valence-corrected chi connectivity index (χ1v) is 17.1. The van der Waals surface area contributed by atoms with E-state index in [4.69, 9.17) is 28.4 Å². The number of benzene rings is 4. The molecule has 4 aromatic rings. The van der Waals surface area contributed by atoms with E-state index in [1.54, 1.807) is 0 Å². The van der Waals surface area contributed by atoms with Crippen LogP contribution in [0.1, 0.15) is 46.9 Å². The van der Waals surface area contributed by atoms with Crippen molar-refractivity contribution in [1.29, 1.82) is 0 Å². The molecule has 4 aliphatic rings. The third-order valence-corrected chi connectivity index (χ3v) is 10.2. The standard InChI is InChI=1S/C39H40F2N2O6/c40-30-5-1-24(2-6-30)32-9-11-42-18-28(32)20-44-34-16-38-36(46-22-48-38)14-26(34)13-27-15-37-39(49-23-47-37)17-35(27)45-21-29-19-43-12-10-33(29)25-3-7-31(41)8-4-25/h1-8,14-17,28-29,32-33,42-43H,9-13,18-23H2/t28-,29+,32-,33-/m0/s1. The first-order valence-electron chi connectivity index (χ1n) is 17.1. The third-order valence-electron chi connectivity index (χ3n) is 10.2. The summed E-state index contributed by atoms with van der Waals surface area (Å²) in [6.07, 6.45) is 2.39. The van der Waals surface area contributed by atoms with Crippen LogP contribution in [0.5, 0.6) is 34.5 Å². The van der Waals surface area contributed by atoms with Gasteiger partial charge in [0, 0.05) is 54.6 Å². The van der Waals surface area contributed by atoms with Crippen molar-refractivity contribution in [2.45, 2.75) is 31.1 Å². The second-order valence-electron chi connectivity index (χ2n) is 13.2. The molecule has 10 heteroatoms. The Morgan fingerprint density at radius 3 is 1.41 bits per heavy atom. The predicted octanol–water partition coefficient (Wildman–Crippen LogP) is 6.56. The minimum Gasteiger partial charge on any atom is -0.493 e. The normalized spacial score (nSPS) is 22.6. The molecule has 0 radical (unpaired) electrons. The lowest BCUT2D eigenvalue weighted by Crippen LogP contribution is -2.38. The minimum absolute atomic E-state index is 0.153. The van der Waals surface area contributed by atoms with Crippen molar-refractivity contribution >= 4 is 0 Å². The van der Waals surface area contributed by atoms with E-state index in [-0.39, 0.29) is 48.9 Å². The van der Waals surface area contributed by atoms with Crippen molar-refractivity contribution in [1.82, 2.24) is 10.6 Å². The highest BCUT2D eigenvalue weighted by Crippen LogP contribution is 2.44. The molecule has 256 valence electrons. The van der Waals surface area contributed by atoms with Gasteiger partial charge < -0.3 is 39.1 Å². The Bertz CT molecular complexity index is 1640. The largest absolute Gasteiger partial charge is 0.493 e. The maximum absolute atomic E-state index is 13.7. The molecule has 2 N–H and O–H groups in total. The number of hydrogen-bond donors (Lipinski definition) is 2. The average molecular weight is 671 g/mol. The number of nitrogens with one attached hydrogen (secondary N) is 2. The van der Waals surface area contributed by atoms with Gasteiger partial charge in [0.15, 0.2) is 23.0 Å².